The van der Waals surface area contributed by atoms with Crippen LogP contribution in [0.15, 0.2) is 157 Å². The van der Waals surface area contributed by atoms with E-state index in [0.29, 0.717) is 0 Å². The van der Waals surface area contributed by atoms with Crippen LogP contribution in [-0.4, -0.2) is 0 Å². The Balaban J connectivity index is 1.67. The lowest BCUT2D eigenvalue weighted by Gasteiger charge is -2.18. The fourth-order valence-corrected chi connectivity index (χ4v) is 4.62. The van der Waals surface area contributed by atoms with Crippen molar-refractivity contribution in [3.63, 3.8) is 0 Å². The zero-order valence-corrected chi connectivity index (χ0v) is 20.0. The van der Waals surface area contributed by atoms with Crippen molar-refractivity contribution < 1.29 is 35.6 Å². The zero-order chi connectivity index (χ0) is 49.1. The van der Waals surface area contributed by atoms with Gasteiger partial charge < -0.3 is 0 Å². The van der Waals surface area contributed by atoms with E-state index >= 15 is 0 Å². The Morgan fingerprint density at radius 2 is 0.675 bits per heavy atom. The fraction of sp³-hybridized carbons (Fsp3) is 0. The van der Waals surface area contributed by atoms with E-state index in [9.17, 15) is 9.60 Å². The van der Waals surface area contributed by atoms with Crippen molar-refractivity contribution in [2.45, 2.75) is 0 Å². The molecule has 186 valence electrons. The summed E-state index contributed by atoms with van der Waals surface area (Å²) >= 11 is 0. The van der Waals surface area contributed by atoms with E-state index < -0.39 is 234 Å². The van der Waals surface area contributed by atoms with Crippen LogP contribution in [0.1, 0.15) is 35.6 Å². The van der Waals surface area contributed by atoms with Gasteiger partial charge in [0.25, 0.3) is 0 Å². The van der Waals surface area contributed by atoms with Gasteiger partial charge in [0.15, 0.2) is 0 Å². The van der Waals surface area contributed by atoms with Crippen LogP contribution in [0.25, 0.3) is 76.5 Å². The van der Waals surface area contributed by atoms with Crippen molar-refractivity contribution in [1.29, 1.82) is 0 Å². The summed E-state index contributed by atoms with van der Waals surface area (Å²) in [6, 6.07) is -23.7. The largest absolute Gasteiger partial charge is 0.0636 e. The van der Waals surface area contributed by atoms with Gasteiger partial charge >= 0.3 is 0 Å². The molecule has 0 spiro atoms. The maximum Gasteiger partial charge on any atom is 0.0636 e. The van der Waals surface area contributed by atoms with Crippen LogP contribution in [0.4, 0.5) is 0 Å². The summed E-state index contributed by atoms with van der Waals surface area (Å²) in [7, 11) is 0. The van der Waals surface area contributed by atoms with Crippen molar-refractivity contribution in [1.82, 2.24) is 0 Å². The molecular formula is C40H26. The molecule has 0 atom stereocenters. The number of hydrogen-bond donors (Lipinski definition) is 0. The highest BCUT2D eigenvalue weighted by Gasteiger charge is 2.16. The molecule has 0 fully saturated rings. The van der Waals surface area contributed by atoms with Crippen molar-refractivity contribution in [3.8, 4) is 33.4 Å². The molecule has 0 aliphatic heterocycles. The van der Waals surface area contributed by atoms with E-state index in [4.69, 9.17) is 26.0 Å². The lowest BCUT2D eigenvalue weighted by atomic mass is 9.85. The summed E-state index contributed by atoms with van der Waals surface area (Å²) in [5, 5.41) is -5.24. The molecule has 0 N–H and O–H groups in total. The first kappa shape index (κ1) is 8.65. The second-order valence-corrected chi connectivity index (χ2v) is 8.50. The SMILES string of the molecule is [2H]c1c([2H])c([2H])c(-c2c([2H])c([2H])c3c(c2[2H])c([2H])c([2H])c2c([2H])c(-c4c5c([2H])c([2H])c([2H])c([2H])c5c(-c5c([2H])c([2H])c([2H])c([2H])c5[2H])c5c([2H])c([2H])c([2H])c([2H])c45)c([2H])c([2H])c23)c([2H])c1[2H]. The summed E-state index contributed by atoms with van der Waals surface area (Å²) in [6.45, 7) is 0. The van der Waals surface area contributed by atoms with Gasteiger partial charge in [-0.2, -0.15) is 0 Å². The van der Waals surface area contributed by atoms with E-state index in [1.165, 1.54) is 0 Å². The summed E-state index contributed by atoms with van der Waals surface area (Å²) in [5.74, 6) is 0. The Hall–Kier alpha value is -5.20. The first-order valence-corrected chi connectivity index (χ1v) is 11.8. The molecule has 0 amide bonds. The second-order valence-electron chi connectivity index (χ2n) is 8.50. The van der Waals surface area contributed by atoms with Crippen molar-refractivity contribution >= 4 is 43.1 Å². The second kappa shape index (κ2) is 9.22. The lowest BCUT2D eigenvalue weighted by Crippen LogP contribution is -1.91. The minimum atomic E-state index is -1.02. The maximum absolute atomic E-state index is 9.68. The monoisotopic (exact) mass is 532 g/mol. The maximum atomic E-state index is 9.68. The quantitative estimate of drug-likeness (QED) is 0.157. The molecule has 0 heterocycles. The number of hydrogen-bond acceptors (Lipinski definition) is 0. The van der Waals surface area contributed by atoms with Crippen molar-refractivity contribution in [2.75, 3.05) is 0 Å². The van der Waals surface area contributed by atoms with E-state index in [1.807, 2.05) is 0 Å². The first-order valence-electron chi connectivity index (χ1n) is 24.8. The molecule has 0 unspecified atom stereocenters. The van der Waals surface area contributed by atoms with Crippen LogP contribution in [0, 0.1) is 0 Å². The molecule has 0 aliphatic rings. The number of rotatable bonds is 3. The van der Waals surface area contributed by atoms with Gasteiger partial charge in [-0.15, -0.1) is 0 Å². The molecule has 8 rings (SSSR count). The van der Waals surface area contributed by atoms with Crippen molar-refractivity contribution in [2.24, 2.45) is 0 Å². The summed E-state index contributed by atoms with van der Waals surface area (Å²) < 4.78 is 230. The normalized spacial score (nSPS) is 20.6. The van der Waals surface area contributed by atoms with E-state index in [-0.39, 0.29) is 0 Å². The molecule has 0 heteroatoms. The highest BCUT2D eigenvalue weighted by Crippen LogP contribution is 2.44. The van der Waals surface area contributed by atoms with Gasteiger partial charge in [-0.25, -0.2) is 0 Å². The summed E-state index contributed by atoms with van der Waals surface area (Å²) in [5.41, 5.74) is -4.21. The Labute approximate surface area is 270 Å². The van der Waals surface area contributed by atoms with Crippen LogP contribution in [0.2, 0.25) is 0 Å². The molecule has 0 nitrogen and oxygen atoms in total. The molecule has 0 aliphatic carbocycles. The third-order valence-corrected chi connectivity index (χ3v) is 6.31. The van der Waals surface area contributed by atoms with E-state index in [2.05, 4.69) is 0 Å². The lowest BCUT2D eigenvalue weighted by molar-refractivity contribution is 1.65. The highest BCUT2D eigenvalue weighted by molar-refractivity contribution is 6.22. The third kappa shape index (κ3) is 3.61. The third-order valence-electron chi connectivity index (χ3n) is 6.31. The Morgan fingerprint density at radius 3 is 1.20 bits per heavy atom. The Bertz CT molecular complexity index is 3510. The Kier molecular flexibility index (Phi) is 1.99. The Morgan fingerprint density at radius 1 is 0.275 bits per heavy atom. The van der Waals surface area contributed by atoms with Crippen LogP contribution in [0.5, 0.6) is 0 Å². The minimum absolute atomic E-state index is 0.592. The molecule has 0 radical (unpaired) electrons. The molecule has 0 saturated heterocycles. The fourth-order valence-electron chi connectivity index (χ4n) is 4.62. The average Bonchev–Trinajstić information content (AvgIpc) is 3.28. The van der Waals surface area contributed by atoms with E-state index in [1.54, 1.807) is 0 Å². The molecule has 0 bridgehead atoms. The molecular weight excluding hydrogens is 480 g/mol. The first-order chi connectivity index (χ1) is 30.7. The molecule has 8 aromatic carbocycles. The number of benzene rings is 8. The topological polar surface area (TPSA) is 0 Å². The van der Waals surface area contributed by atoms with E-state index in [0.717, 1.165) is 0 Å². The smallest absolute Gasteiger partial charge is 0.0622 e. The minimum Gasteiger partial charge on any atom is -0.0622 e. The standard InChI is InChI=1S/C40H26/c1-3-11-27(12-4-1)29-21-23-33-30(25-29)19-20-31-26-32(22-24-34(31)33)40-37-17-9-7-15-35(37)39(28-13-5-2-6-14-28)36-16-8-10-18-38(36)40/h1-26H/i1D,2D,3D,4D,5D,6D,7D,8D,9D,10D,11D,12D,13D,14D,15D,16D,17D,18D,19D,20D,21D,22D,23D,24D,25D,26D. The van der Waals surface area contributed by atoms with Gasteiger partial charge in [0.05, 0.1) is 35.6 Å². The van der Waals surface area contributed by atoms with Crippen LogP contribution in [-0.2, 0) is 0 Å². The number of fused-ring (bicyclic) bond motifs is 5. The molecule has 0 saturated carbocycles. The zero-order valence-electron chi connectivity index (χ0n) is 46.0. The molecule has 40 heavy (non-hydrogen) atoms. The predicted molar refractivity (Wildman–Crippen MR) is 173 cm³/mol. The van der Waals surface area contributed by atoms with Gasteiger partial charge in [-0.1, -0.05) is 145 Å². The molecule has 8 aromatic rings. The summed E-state index contributed by atoms with van der Waals surface area (Å²) in [6.07, 6.45) is 0. The van der Waals surface area contributed by atoms with Crippen molar-refractivity contribution in [3.05, 3.63) is 157 Å². The van der Waals surface area contributed by atoms with Gasteiger partial charge in [-0.3, -0.25) is 0 Å². The van der Waals surface area contributed by atoms with Crippen LogP contribution < -0.4 is 0 Å². The highest BCUT2D eigenvalue weighted by atomic mass is 14.2. The van der Waals surface area contributed by atoms with Gasteiger partial charge in [-0.05, 0) is 88.6 Å². The van der Waals surface area contributed by atoms with Gasteiger partial charge in [0.1, 0.15) is 0 Å². The van der Waals surface area contributed by atoms with Crippen LogP contribution >= 0.6 is 0 Å². The molecule has 0 aromatic heterocycles. The summed E-state index contributed by atoms with van der Waals surface area (Å²) in [4.78, 5) is 0. The van der Waals surface area contributed by atoms with Crippen LogP contribution in [0.3, 0.4) is 0 Å². The van der Waals surface area contributed by atoms with Gasteiger partial charge in [0, 0.05) is 0 Å². The average molecular weight is 533 g/mol. The predicted octanol–water partition coefficient (Wildman–Crippen LogP) is 11.3. The van der Waals surface area contributed by atoms with Gasteiger partial charge in [0.2, 0.25) is 0 Å².